The summed E-state index contributed by atoms with van der Waals surface area (Å²) in [6, 6.07) is 11.7. The SMILES string of the molecule is CC#CCNC1CCN(c2cc(Nc3ccc(N4CCN(C5COC5)[C@@H](C)C4)cn3)c3c(=O)[nH]ccc3c2)C1. The van der Waals surface area contributed by atoms with Crippen LogP contribution in [0.15, 0.2) is 47.5 Å². The Bertz CT molecular complexity index is 1420. The Morgan fingerprint density at radius 2 is 1.97 bits per heavy atom. The lowest BCUT2D eigenvalue weighted by atomic mass is 10.1. The molecule has 6 rings (SSSR count). The minimum absolute atomic E-state index is 0.110. The lowest BCUT2D eigenvalue weighted by Crippen LogP contribution is -2.60. The van der Waals surface area contributed by atoms with Crippen molar-refractivity contribution in [3.63, 3.8) is 0 Å². The van der Waals surface area contributed by atoms with Gasteiger partial charge in [0.1, 0.15) is 5.82 Å². The summed E-state index contributed by atoms with van der Waals surface area (Å²) in [6.45, 7) is 11.4. The third-order valence-corrected chi connectivity index (χ3v) is 8.21. The zero-order valence-electron chi connectivity index (χ0n) is 22.7. The zero-order valence-corrected chi connectivity index (χ0v) is 22.7. The van der Waals surface area contributed by atoms with Crippen molar-refractivity contribution < 1.29 is 4.74 Å². The van der Waals surface area contributed by atoms with Crippen LogP contribution in [0.4, 0.5) is 22.9 Å². The van der Waals surface area contributed by atoms with Crippen LogP contribution in [0.5, 0.6) is 0 Å². The number of H-pyrrole nitrogens is 1. The molecule has 204 valence electrons. The van der Waals surface area contributed by atoms with Gasteiger partial charge in [0.25, 0.3) is 5.56 Å². The Kier molecular flexibility index (Phi) is 7.42. The van der Waals surface area contributed by atoms with Crippen LogP contribution in [-0.4, -0.2) is 85.5 Å². The van der Waals surface area contributed by atoms with E-state index in [0.717, 1.165) is 80.6 Å². The van der Waals surface area contributed by atoms with Crippen LogP contribution in [-0.2, 0) is 4.74 Å². The molecule has 0 aliphatic carbocycles. The molecule has 0 amide bonds. The molecule has 3 aliphatic rings. The van der Waals surface area contributed by atoms with Crippen molar-refractivity contribution in [3.05, 3.63) is 53.1 Å². The molecule has 2 atom stereocenters. The fourth-order valence-corrected chi connectivity index (χ4v) is 5.99. The fourth-order valence-electron chi connectivity index (χ4n) is 5.99. The van der Waals surface area contributed by atoms with Gasteiger partial charge in [0.05, 0.1) is 48.8 Å². The van der Waals surface area contributed by atoms with E-state index in [1.807, 2.05) is 25.3 Å². The van der Waals surface area contributed by atoms with Gasteiger partial charge in [-0.25, -0.2) is 4.98 Å². The summed E-state index contributed by atoms with van der Waals surface area (Å²) in [4.78, 5) is 27.8. The van der Waals surface area contributed by atoms with Crippen LogP contribution in [0.1, 0.15) is 20.3 Å². The Morgan fingerprint density at radius 3 is 2.72 bits per heavy atom. The summed E-state index contributed by atoms with van der Waals surface area (Å²) in [5, 5.41) is 8.52. The molecule has 39 heavy (non-hydrogen) atoms. The van der Waals surface area contributed by atoms with E-state index < -0.39 is 0 Å². The molecule has 9 heteroatoms. The smallest absolute Gasteiger partial charge is 0.257 e. The maximum absolute atomic E-state index is 12.8. The fraction of sp³-hybridized carbons (Fsp3) is 0.467. The van der Waals surface area contributed by atoms with Gasteiger partial charge in [-0.05, 0) is 56.0 Å². The molecule has 2 aromatic heterocycles. The van der Waals surface area contributed by atoms with E-state index in [0.29, 0.717) is 30.1 Å². The van der Waals surface area contributed by atoms with Crippen LogP contribution >= 0.6 is 0 Å². The first-order valence-corrected chi connectivity index (χ1v) is 13.9. The number of rotatable bonds is 7. The number of fused-ring (bicyclic) bond motifs is 1. The molecule has 9 nitrogen and oxygen atoms in total. The largest absolute Gasteiger partial charge is 0.378 e. The summed E-state index contributed by atoms with van der Waals surface area (Å²) in [7, 11) is 0. The maximum Gasteiger partial charge on any atom is 0.257 e. The van der Waals surface area contributed by atoms with Crippen LogP contribution in [0.25, 0.3) is 10.8 Å². The minimum Gasteiger partial charge on any atom is -0.378 e. The first-order chi connectivity index (χ1) is 19.1. The molecule has 1 aromatic carbocycles. The van der Waals surface area contributed by atoms with E-state index in [-0.39, 0.29) is 5.56 Å². The van der Waals surface area contributed by atoms with Gasteiger partial charge < -0.3 is 30.2 Å². The first-order valence-electron chi connectivity index (χ1n) is 13.9. The van der Waals surface area contributed by atoms with Crippen molar-refractivity contribution in [2.45, 2.75) is 38.4 Å². The van der Waals surface area contributed by atoms with E-state index in [9.17, 15) is 4.79 Å². The molecule has 0 saturated carbocycles. The van der Waals surface area contributed by atoms with Gasteiger partial charge in [0, 0.05) is 56.7 Å². The number of aromatic amines is 1. The standard InChI is InChI=1S/C30H37N7O2/c1-3-4-9-31-23-8-11-35(18-23)25-14-22-7-10-32-30(38)29(22)27(15-25)34-28-6-5-24(16-33-28)36-12-13-37(21(2)17-36)26-19-39-20-26/h5-7,10,14-16,21,23,26,31H,8-9,11-13,17-20H2,1-2H3,(H,32,38)(H,33,34)/t21-,23?/m0/s1. The highest BCUT2D eigenvalue weighted by molar-refractivity contribution is 5.97. The molecule has 5 heterocycles. The highest BCUT2D eigenvalue weighted by Crippen LogP contribution is 2.32. The monoisotopic (exact) mass is 527 g/mol. The maximum atomic E-state index is 12.8. The Morgan fingerprint density at radius 1 is 1.10 bits per heavy atom. The number of hydrogen-bond donors (Lipinski definition) is 3. The second-order valence-corrected chi connectivity index (χ2v) is 10.8. The summed E-state index contributed by atoms with van der Waals surface area (Å²) < 4.78 is 5.40. The summed E-state index contributed by atoms with van der Waals surface area (Å²) in [5.41, 5.74) is 2.88. The predicted molar refractivity (Wildman–Crippen MR) is 157 cm³/mol. The quantitative estimate of drug-likeness (QED) is 0.405. The number of nitrogens with one attached hydrogen (secondary N) is 3. The zero-order chi connectivity index (χ0) is 26.8. The van der Waals surface area contributed by atoms with Gasteiger partial charge in [-0.1, -0.05) is 5.92 Å². The first kappa shape index (κ1) is 25.7. The number of anilines is 4. The third-order valence-electron chi connectivity index (χ3n) is 8.21. The molecular formula is C30H37N7O2. The van der Waals surface area contributed by atoms with Crippen molar-refractivity contribution in [2.24, 2.45) is 0 Å². The lowest BCUT2D eigenvalue weighted by molar-refractivity contribution is -0.0792. The number of benzene rings is 1. The Labute approximate surface area is 229 Å². The molecule has 3 aliphatic heterocycles. The topological polar surface area (TPSA) is 88.8 Å². The highest BCUT2D eigenvalue weighted by Gasteiger charge is 2.33. The number of aromatic nitrogens is 2. The van der Waals surface area contributed by atoms with Gasteiger partial charge in [-0.2, -0.15) is 0 Å². The molecule has 3 N–H and O–H groups in total. The van der Waals surface area contributed by atoms with E-state index >= 15 is 0 Å². The lowest BCUT2D eigenvalue weighted by Gasteiger charge is -2.47. The van der Waals surface area contributed by atoms with Crippen molar-refractivity contribution in [2.75, 3.05) is 67.6 Å². The van der Waals surface area contributed by atoms with Crippen LogP contribution in [0.3, 0.4) is 0 Å². The van der Waals surface area contributed by atoms with Gasteiger partial charge >= 0.3 is 0 Å². The van der Waals surface area contributed by atoms with Crippen molar-refractivity contribution in [1.29, 1.82) is 0 Å². The number of nitrogens with zero attached hydrogens (tertiary/aromatic N) is 4. The highest BCUT2D eigenvalue weighted by atomic mass is 16.5. The predicted octanol–water partition coefficient (Wildman–Crippen LogP) is 2.77. The van der Waals surface area contributed by atoms with E-state index in [4.69, 9.17) is 9.72 Å². The Balaban J connectivity index is 1.19. The molecule has 0 spiro atoms. The summed E-state index contributed by atoms with van der Waals surface area (Å²) >= 11 is 0. The van der Waals surface area contributed by atoms with Crippen LogP contribution in [0, 0.1) is 11.8 Å². The van der Waals surface area contributed by atoms with Gasteiger partial charge in [-0.3, -0.25) is 9.69 Å². The van der Waals surface area contributed by atoms with Crippen molar-refractivity contribution in [1.82, 2.24) is 20.2 Å². The number of pyridine rings is 2. The van der Waals surface area contributed by atoms with E-state index in [1.54, 1.807) is 6.20 Å². The summed E-state index contributed by atoms with van der Waals surface area (Å²) in [5.74, 6) is 6.75. The normalized spacial score (nSPS) is 22.0. The average Bonchev–Trinajstić information content (AvgIpc) is 3.38. The molecule has 0 radical (unpaired) electrons. The molecule has 3 fully saturated rings. The van der Waals surface area contributed by atoms with Gasteiger partial charge in [0.15, 0.2) is 0 Å². The summed E-state index contributed by atoms with van der Waals surface area (Å²) in [6.07, 6.45) is 4.71. The number of ether oxygens (including phenoxy) is 1. The minimum atomic E-state index is -0.110. The molecule has 3 saturated heterocycles. The number of piperazine rings is 1. The molecule has 1 unspecified atom stereocenters. The number of hydrogen-bond acceptors (Lipinski definition) is 8. The molecule has 0 bridgehead atoms. The van der Waals surface area contributed by atoms with Gasteiger partial charge in [-0.15, -0.1) is 5.92 Å². The third kappa shape index (κ3) is 5.46. The van der Waals surface area contributed by atoms with Crippen LogP contribution in [0.2, 0.25) is 0 Å². The van der Waals surface area contributed by atoms with E-state index in [1.165, 1.54) is 0 Å². The van der Waals surface area contributed by atoms with Crippen LogP contribution < -0.4 is 26.0 Å². The molecule has 3 aromatic rings. The second-order valence-electron chi connectivity index (χ2n) is 10.8. The Hall–Kier alpha value is -3.58. The van der Waals surface area contributed by atoms with Gasteiger partial charge in [0.2, 0.25) is 0 Å². The molecular weight excluding hydrogens is 490 g/mol. The average molecular weight is 528 g/mol. The van der Waals surface area contributed by atoms with Crippen molar-refractivity contribution >= 4 is 33.7 Å². The second kappa shape index (κ2) is 11.3. The van der Waals surface area contributed by atoms with E-state index in [2.05, 4.69) is 67.3 Å². The van der Waals surface area contributed by atoms with Crippen molar-refractivity contribution in [3.8, 4) is 11.8 Å².